The highest BCUT2D eigenvalue weighted by Crippen LogP contribution is 2.24. The molecule has 0 atom stereocenters. The standard InChI is InChI=1S/C14H14N2O3S/c1-8-4-3-5-10(6-8)7-11(17)15-13-12(14(18)19)9(2)16-20-13/h3-6H,7H2,1-2H3,(H,15,17)(H,18,19). The van der Waals surface area contributed by atoms with Crippen molar-refractivity contribution in [3.8, 4) is 0 Å². The number of carboxylic acid groups (broad SMARTS) is 1. The highest BCUT2D eigenvalue weighted by Gasteiger charge is 2.19. The Hall–Kier alpha value is -2.21. The van der Waals surface area contributed by atoms with E-state index in [1.807, 2.05) is 31.2 Å². The van der Waals surface area contributed by atoms with Gasteiger partial charge >= 0.3 is 5.97 Å². The molecule has 1 amide bonds. The number of amides is 1. The second kappa shape index (κ2) is 5.83. The summed E-state index contributed by atoms with van der Waals surface area (Å²) in [6.07, 6.45) is 0.206. The number of hydrogen-bond donors (Lipinski definition) is 2. The first-order valence-electron chi connectivity index (χ1n) is 6.02. The number of nitrogens with zero attached hydrogens (tertiary/aromatic N) is 1. The van der Waals surface area contributed by atoms with Crippen molar-refractivity contribution in [2.75, 3.05) is 5.32 Å². The number of anilines is 1. The van der Waals surface area contributed by atoms with Gasteiger partial charge in [0.2, 0.25) is 5.91 Å². The number of nitrogens with one attached hydrogen (secondary N) is 1. The van der Waals surface area contributed by atoms with Crippen LogP contribution in [0.3, 0.4) is 0 Å². The lowest BCUT2D eigenvalue weighted by atomic mass is 10.1. The van der Waals surface area contributed by atoms with Gasteiger partial charge in [-0.3, -0.25) is 4.79 Å². The van der Waals surface area contributed by atoms with Crippen LogP contribution in [0.1, 0.15) is 27.2 Å². The highest BCUT2D eigenvalue weighted by atomic mass is 32.1. The van der Waals surface area contributed by atoms with E-state index in [4.69, 9.17) is 5.11 Å². The molecule has 1 aromatic heterocycles. The number of carboxylic acids is 1. The summed E-state index contributed by atoms with van der Waals surface area (Å²) < 4.78 is 3.96. The summed E-state index contributed by atoms with van der Waals surface area (Å²) in [6, 6.07) is 7.63. The molecule has 0 bridgehead atoms. The molecule has 0 spiro atoms. The number of aromatic carboxylic acids is 1. The van der Waals surface area contributed by atoms with Crippen LogP contribution in [-0.4, -0.2) is 21.4 Å². The molecule has 0 saturated heterocycles. The zero-order valence-corrected chi connectivity index (χ0v) is 12.0. The van der Waals surface area contributed by atoms with Gasteiger partial charge in [-0.1, -0.05) is 29.8 Å². The minimum atomic E-state index is -1.08. The quantitative estimate of drug-likeness (QED) is 0.907. The van der Waals surface area contributed by atoms with E-state index in [9.17, 15) is 9.59 Å². The van der Waals surface area contributed by atoms with Crippen molar-refractivity contribution in [3.05, 3.63) is 46.6 Å². The summed E-state index contributed by atoms with van der Waals surface area (Å²) in [5.41, 5.74) is 2.44. The number of aryl methyl sites for hydroxylation is 2. The van der Waals surface area contributed by atoms with Gasteiger partial charge in [-0.15, -0.1) is 0 Å². The first-order valence-corrected chi connectivity index (χ1v) is 6.79. The molecule has 0 aliphatic heterocycles. The largest absolute Gasteiger partial charge is 0.478 e. The number of aromatic nitrogens is 1. The molecule has 0 saturated carbocycles. The first kappa shape index (κ1) is 14.2. The van der Waals surface area contributed by atoms with Crippen LogP contribution in [-0.2, 0) is 11.2 Å². The Morgan fingerprint density at radius 1 is 1.35 bits per heavy atom. The Morgan fingerprint density at radius 3 is 2.75 bits per heavy atom. The molecule has 2 aromatic rings. The molecule has 0 unspecified atom stereocenters. The topological polar surface area (TPSA) is 79.3 Å². The molecule has 20 heavy (non-hydrogen) atoms. The zero-order valence-electron chi connectivity index (χ0n) is 11.1. The number of benzene rings is 1. The molecule has 2 N–H and O–H groups in total. The molecule has 0 aliphatic rings. The lowest BCUT2D eigenvalue weighted by Crippen LogP contribution is -2.15. The van der Waals surface area contributed by atoms with E-state index in [1.165, 1.54) is 0 Å². The summed E-state index contributed by atoms with van der Waals surface area (Å²) in [7, 11) is 0. The summed E-state index contributed by atoms with van der Waals surface area (Å²) >= 11 is 0.984. The van der Waals surface area contributed by atoms with Crippen molar-refractivity contribution >= 4 is 28.4 Å². The van der Waals surface area contributed by atoms with Gasteiger partial charge in [-0.25, -0.2) is 4.79 Å². The fraction of sp³-hybridized carbons (Fsp3) is 0.214. The molecule has 0 aliphatic carbocycles. The van der Waals surface area contributed by atoms with Crippen LogP contribution in [0.5, 0.6) is 0 Å². The molecule has 6 heteroatoms. The third-order valence-corrected chi connectivity index (χ3v) is 3.63. The Morgan fingerprint density at radius 2 is 2.10 bits per heavy atom. The molecular formula is C14H14N2O3S. The molecular weight excluding hydrogens is 276 g/mol. The van der Waals surface area contributed by atoms with Crippen molar-refractivity contribution in [3.63, 3.8) is 0 Å². The van der Waals surface area contributed by atoms with Crippen LogP contribution >= 0.6 is 11.5 Å². The maximum Gasteiger partial charge on any atom is 0.340 e. The van der Waals surface area contributed by atoms with Crippen LogP contribution in [0.15, 0.2) is 24.3 Å². The maximum absolute atomic E-state index is 12.0. The van der Waals surface area contributed by atoms with Gasteiger partial charge in [0, 0.05) is 0 Å². The van der Waals surface area contributed by atoms with Crippen LogP contribution in [0, 0.1) is 13.8 Å². The Balaban J connectivity index is 2.11. The number of hydrogen-bond acceptors (Lipinski definition) is 4. The molecule has 5 nitrogen and oxygen atoms in total. The van der Waals surface area contributed by atoms with Gasteiger partial charge in [0.15, 0.2) is 0 Å². The second-order valence-corrected chi connectivity index (χ2v) is 5.26. The summed E-state index contributed by atoms with van der Waals surface area (Å²) in [6.45, 7) is 3.56. The summed E-state index contributed by atoms with van der Waals surface area (Å²) in [5, 5.41) is 12.0. The Bertz CT molecular complexity index is 664. The maximum atomic E-state index is 12.0. The summed E-state index contributed by atoms with van der Waals surface area (Å²) in [4.78, 5) is 23.1. The lowest BCUT2D eigenvalue weighted by molar-refractivity contribution is -0.115. The van der Waals surface area contributed by atoms with E-state index in [0.717, 1.165) is 22.7 Å². The van der Waals surface area contributed by atoms with Crippen molar-refractivity contribution in [1.82, 2.24) is 4.37 Å². The van der Waals surface area contributed by atoms with Crippen LogP contribution < -0.4 is 5.32 Å². The smallest absolute Gasteiger partial charge is 0.340 e. The van der Waals surface area contributed by atoms with Crippen LogP contribution in [0.2, 0.25) is 0 Å². The third kappa shape index (κ3) is 3.21. The third-order valence-electron chi connectivity index (χ3n) is 2.78. The van der Waals surface area contributed by atoms with E-state index < -0.39 is 5.97 Å². The lowest BCUT2D eigenvalue weighted by Gasteiger charge is -2.04. The second-order valence-electron chi connectivity index (χ2n) is 4.49. The molecule has 1 heterocycles. The van der Waals surface area contributed by atoms with E-state index >= 15 is 0 Å². The molecule has 104 valence electrons. The van der Waals surface area contributed by atoms with Crippen molar-refractivity contribution < 1.29 is 14.7 Å². The predicted molar refractivity (Wildman–Crippen MR) is 77.3 cm³/mol. The van der Waals surface area contributed by atoms with Gasteiger partial charge in [0.05, 0.1) is 12.1 Å². The van der Waals surface area contributed by atoms with E-state index in [-0.39, 0.29) is 22.9 Å². The SMILES string of the molecule is Cc1cccc(CC(=O)Nc2snc(C)c2C(=O)O)c1. The normalized spacial score (nSPS) is 10.3. The molecule has 0 fully saturated rings. The Labute approximate surface area is 120 Å². The van der Waals surface area contributed by atoms with Gasteiger partial charge in [-0.2, -0.15) is 4.37 Å². The minimum Gasteiger partial charge on any atom is -0.478 e. The minimum absolute atomic E-state index is 0.0626. The molecule has 1 aromatic carbocycles. The van der Waals surface area contributed by atoms with Gasteiger partial charge in [0.25, 0.3) is 0 Å². The van der Waals surface area contributed by atoms with Gasteiger partial charge in [-0.05, 0) is 30.9 Å². The van der Waals surface area contributed by atoms with Crippen LogP contribution in [0.4, 0.5) is 5.00 Å². The van der Waals surface area contributed by atoms with E-state index in [1.54, 1.807) is 6.92 Å². The highest BCUT2D eigenvalue weighted by molar-refractivity contribution is 7.11. The average molecular weight is 290 g/mol. The fourth-order valence-electron chi connectivity index (χ4n) is 1.89. The fourth-order valence-corrected chi connectivity index (χ4v) is 2.69. The number of rotatable bonds is 4. The first-order chi connectivity index (χ1) is 9.47. The number of carbonyl (C=O) groups is 2. The zero-order chi connectivity index (χ0) is 14.7. The summed E-state index contributed by atoms with van der Waals surface area (Å²) in [5.74, 6) is -1.33. The molecule has 2 rings (SSSR count). The monoisotopic (exact) mass is 290 g/mol. The van der Waals surface area contributed by atoms with E-state index in [0.29, 0.717) is 5.69 Å². The van der Waals surface area contributed by atoms with Crippen molar-refractivity contribution in [1.29, 1.82) is 0 Å². The number of carbonyl (C=O) groups excluding carboxylic acids is 1. The Kier molecular flexibility index (Phi) is 4.14. The van der Waals surface area contributed by atoms with Crippen LogP contribution in [0.25, 0.3) is 0 Å². The van der Waals surface area contributed by atoms with Gasteiger partial charge < -0.3 is 10.4 Å². The van der Waals surface area contributed by atoms with Gasteiger partial charge in [0.1, 0.15) is 10.6 Å². The van der Waals surface area contributed by atoms with Crippen molar-refractivity contribution in [2.24, 2.45) is 0 Å². The molecule has 0 radical (unpaired) electrons. The van der Waals surface area contributed by atoms with Crippen molar-refractivity contribution in [2.45, 2.75) is 20.3 Å². The van der Waals surface area contributed by atoms with E-state index in [2.05, 4.69) is 9.69 Å². The average Bonchev–Trinajstić information content (AvgIpc) is 2.70. The predicted octanol–water partition coefficient (Wildman–Crippen LogP) is 2.64.